The largest absolute Gasteiger partial charge is 0.463 e. The third-order valence-electron chi connectivity index (χ3n) is 21.2. The summed E-state index contributed by atoms with van der Waals surface area (Å²) in [4.78, 5) is 177. The van der Waals surface area contributed by atoms with E-state index in [2.05, 4.69) is 36.6 Å². The van der Waals surface area contributed by atoms with Crippen LogP contribution in [0.15, 0.2) is 0 Å². The van der Waals surface area contributed by atoms with Crippen molar-refractivity contribution in [3.05, 3.63) is 29.1 Å². The van der Waals surface area contributed by atoms with Gasteiger partial charge in [-0.1, -0.05) is 59.3 Å². The van der Waals surface area contributed by atoms with Crippen molar-refractivity contribution in [2.45, 2.75) is 278 Å². The molecule has 4 fully saturated rings. The predicted molar refractivity (Wildman–Crippen MR) is 430 cm³/mol. The molecule has 4 saturated heterocycles. The van der Waals surface area contributed by atoms with Crippen LogP contribution in [0.2, 0.25) is 0 Å². The highest BCUT2D eigenvalue weighted by molar-refractivity contribution is 5.79. The van der Waals surface area contributed by atoms with Crippen LogP contribution in [0.1, 0.15) is 199 Å². The van der Waals surface area contributed by atoms with Crippen LogP contribution in [0.25, 0.3) is 0 Å². The van der Waals surface area contributed by atoms with E-state index in [9.17, 15) is 89.1 Å². The van der Waals surface area contributed by atoms with Crippen molar-refractivity contribution in [3.63, 3.8) is 0 Å². The van der Waals surface area contributed by atoms with Crippen molar-refractivity contribution in [1.29, 1.82) is 0 Å². The molecule has 18 atom stereocenters. The zero-order chi connectivity index (χ0) is 93.1. The van der Waals surface area contributed by atoms with E-state index in [0.29, 0.717) is 90.1 Å². The van der Waals surface area contributed by atoms with Gasteiger partial charge in [0, 0.05) is 177 Å². The second-order valence-electron chi connectivity index (χ2n) is 31.7. The Kier molecular flexibility index (Phi) is 48.8. The lowest BCUT2D eigenvalue weighted by molar-refractivity contribution is -0.262. The molecule has 4 aliphatic heterocycles. The van der Waals surface area contributed by atoms with Crippen LogP contribution >= 0.6 is 0 Å². The van der Waals surface area contributed by atoms with E-state index < -0.39 is 216 Å². The van der Waals surface area contributed by atoms with E-state index in [1.54, 1.807) is 20.8 Å². The van der Waals surface area contributed by atoms with Gasteiger partial charge in [-0.2, -0.15) is 8.78 Å². The van der Waals surface area contributed by atoms with Crippen LogP contribution in [0, 0.1) is 58.7 Å². The molecular formula is C84H128F5N7O30. The fourth-order valence-corrected chi connectivity index (χ4v) is 14.9. The molecule has 0 radical (unpaired) electrons. The summed E-state index contributed by atoms with van der Waals surface area (Å²) in [6.45, 7) is 16.7. The van der Waals surface area contributed by atoms with Gasteiger partial charge in [-0.05, 0) is 44.9 Å². The standard InChI is InChI=1S/C84H128F5N7O30/c1-47-61(44-117-53(7)100)123-83(75(94-51(5)98)78(47)121-57(11)104)115-35-23-17-14-20-32-91-65(107)29-38-112-43-60-41-96(67(109)26-25-27-68(110)126-81-72(88)70(86)69(85)71(87)73(81)89)40-59(42-111-37-28-64(106)90-31-19-13-16-22-34-114-82-74(93-50(4)97)49(3)77(120-56(10)103)63(125-82)46-119-55(9)102)80(60)113-39-30-66(108)92-33-21-15-18-24-36-116-84-76(95-52(6)99)79(122-58(12)105)48(2)62(124-84)45-118-54(8)101/h47-49,59-63,74-80,82-84H,13-46H2,1-12H3,(H,90,106)(H,91,107)(H,92,108)(H,93,97)(H,94,98)(H,95,99). The number of rotatable bonds is 55. The van der Waals surface area contributed by atoms with Crippen molar-refractivity contribution in [2.75, 3.05) is 105 Å². The van der Waals surface area contributed by atoms with Gasteiger partial charge >= 0.3 is 41.8 Å². The number of carbonyl (C=O) groups excluding carboxylic acids is 14. The highest BCUT2D eigenvalue weighted by Crippen LogP contribution is 2.36. The Morgan fingerprint density at radius 3 is 1.09 bits per heavy atom. The molecule has 0 spiro atoms. The molecular weight excluding hydrogens is 1680 g/mol. The van der Waals surface area contributed by atoms with E-state index in [4.69, 9.17) is 71.1 Å². The van der Waals surface area contributed by atoms with Gasteiger partial charge in [-0.15, -0.1) is 0 Å². The van der Waals surface area contributed by atoms with Gasteiger partial charge in [0.25, 0.3) is 0 Å². The van der Waals surface area contributed by atoms with Crippen molar-refractivity contribution >= 4 is 83.1 Å². The van der Waals surface area contributed by atoms with E-state index in [1.165, 1.54) is 67.2 Å². The maximum Gasteiger partial charge on any atom is 0.311 e. The van der Waals surface area contributed by atoms with Crippen molar-refractivity contribution in [3.8, 4) is 5.75 Å². The molecule has 5 rings (SSSR count). The number of benzene rings is 1. The number of halogens is 5. The van der Waals surface area contributed by atoms with Gasteiger partial charge in [0.1, 0.15) is 68.5 Å². The summed E-state index contributed by atoms with van der Waals surface area (Å²) in [7, 11) is 0. The molecule has 42 heteroatoms. The summed E-state index contributed by atoms with van der Waals surface area (Å²) < 4.78 is 163. The van der Waals surface area contributed by atoms with Crippen LogP contribution in [0.4, 0.5) is 22.0 Å². The number of esters is 7. The summed E-state index contributed by atoms with van der Waals surface area (Å²) in [5.74, 6) is -24.3. The van der Waals surface area contributed by atoms with Gasteiger partial charge < -0.3 is 113 Å². The molecule has 4 heterocycles. The third kappa shape index (κ3) is 38.6. The number of nitrogens with zero attached hydrogens (tertiary/aromatic N) is 1. The Morgan fingerprint density at radius 1 is 0.349 bits per heavy atom. The average molecular weight is 1810 g/mol. The highest BCUT2D eigenvalue weighted by Gasteiger charge is 2.51. The number of carbonyl (C=O) groups is 14. The maximum absolute atomic E-state index is 14.5. The molecule has 0 aliphatic carbocycles. The van der Waals surface area contributed by atoms with E-state index in [0.717, 1.165) is 0 Å². The lowest BCUT2D eigenvalue weighted by atomic mass is 9.86. The van der Waals surface area contributed by atoms with E-state index in [1.807, 2.05) is 0 Å². The second-order valence-corrected chi connectivity index (χ2v) is 31.7. The van der Waals surface area contributed by atoms with Gasteiger partial charge in [-0.25, -0.2) is 13.2 Å². The van der Waals surface area contributed by atoms with Gasteiger partial charge in [0.15, 0.2) is 18.9 Å². The zero-order valence-electron chi connectivity index (χ0n) is 74.0. The van der Waals surface area contributed by atoms with Gasteiger partial charge in [-0.3, -0.25) is 67.1 Å². The molecule has 1 aromatic carbocycles. The minimum Gasteiger partial charge on any atom is -0.463 e. The summed E-state index contributed by atoms with van der Waals surface area (Å²) in [5, 5.41) is 17.0. The molecule has 1 aromatic rings. The molecule has 6 N–H and O–H groups in total. The molecule has 18 unspecified atom stereocenters. The normalized spacial score (nSPS) is 24.6. The molecule has 126 heavy (non-hydrogen) atoms. The highest BCUT2D eigenvalue weighted by atomic mass is 19.2. The topological polar surface area (TPSA) is 462 Å². The molecule has 7 amide bonds. The van der Waals surface area contributed by atoms with E-state index in [-0.39, 0.29) is 142 Å². The fraction of sp³-hybridized carbons (Fsp3) is 0.762. The first kappa shape index (κ1) is 108. The molecule has 37 nitrogen and oxygen atoms in total. The number of ether oxygens (including phenoxy) is 16. The Hall–Kier alpha value is -8.91. The van der Waals surface area contributed by atoms with Crippen LogP contribution in [0.3, 0.4) is 0 Å². The molecule has 714 valence electrons. The molecule has 0 aromatic heterocycles. The van der Waals surface area contributed by atoms with Crippen molar-refractivity contribution < 1.29 is 165 Å². The number of unbranched alkanes of at least 4 members (excludes halogenated alkanes) is 9. The number of likely N-dealkylation sites (tertiary alicyclic amines) is 1. The number of hydrogen-bond donors (Lipinski definition) is 6. The maximum atomic E-state index is 14.5. The first-order valence-electron chi connectivity index (χ1n) is 43.0. The van der Waals surface area contributed by atoms with Gasteiger partial charge in [0.05, 0.1) is 45.2 Å². The van der Waals surface area contributed by atoms with Crippen molar-refractivity contribution in [2.24, 2.45) is 29.6 Å². The Balaban J connectivity index is 1.21. The average Bonchev–Trinajstić information content (AvgIpc) is 0.825. The van der Waals surface area contributed by atoms with Crippen LogP contribution in [-0.2, 0) is 138 Å². The number of piperidine rings is 1. The van der Waals surface area contributed by atoms with Crippen LogP contribution in [-0.4, -0.2) is 273 Å². The van der Waals surface area contributed by atoms with Gasteiger partial charge in [0.2, 0.25) is 76.2 Å². The summed E-state index contributed by atoms with van der Waals surface area (Å²) in [6, 6.07) is -2.47. The minimum atomic E-state index is -2.47. The van der Waals surface area contributed by atoms with Crippen molar-refractivity contribution in [1.82, 2.24) is 36.8 Å². The van der Waals surface area contributed by atoms with Crippen LogP contribution < -0.4 is 36.6 Å². The molecule has 4 aliphatic rings. The fourth-order valence-electron chi connectivity index (χ4n) is 14.9. The number of hydrogen-bond acceptors (Lipinski definition) is 30. The summed E-state index contributed by atoms with van der Waals surface area (Å²) in [5.41, 5.74) is 0. The number of amides is 7. The quantitative estimate of drug-likeness (QED) is 0.00918. The molecule has 0 bridgehead atoms. The summed E-state index contributed by atoms with van der Waals surface area (Å²) in [6.07, 6.45) is -3.35. The lowest BCUT2D eigenvalue weighted by Gasteiger charge is -2.44. The first-order valence-corrected chi connectivity index (χ1v) is 43.0. The summed E-state index contributed by atoms with van der Waals surface area (Å²) >= 11 is 0. The van der Waals surface area contributed by atoms with Crippen LogP contribution in [0.5, 0.6) is 5.75 Å². The number of nitrogens with one attached hydrogen (secondary N) is 6. The monoisotopic (exact) mass is 1810 g/mol. The smallest absolute Gasteiger partial charge is 0.311 e. The second kappa shape index (κ2) is 57.1. The Labute approximate surface area is 730 Å². The predicted octanol–water partition coefficient (Wildman–Crippen LogP) is 5.28. The molecule has 0 saturated carbocycles. The third-order valence-corrected chi connectivity index (χ3v) is 21.2. The Bertz CT molecular complexity index is 3670. The SMILES string of the molecule is CC(=O)NC1C(OCCCCCCNC(=O)CCOCC2CN(C(=O)CCCC(=O)Oc3c(F)c(F)c(F)c(F)c3F)CC(COCCC(=O)NCCCCCCOC3OC(COC(C)=O)C(C)C(OC(C)=O)C3NC(C)=O)C2OCCC(=O)NCCCCCCOC2OC(COC(C)=O)C(C)C(OC(C)=O)C2NC(C)=O)OC(COC(C)=O)C(OC(C)=O)C1C. The lowest BCUT2D eigenvalue weighted by Crippen LogP contribution is -2.63. The Morgan fingerprint density at radius 2 is 0.698 bits per heavy atom. The van der Waals surface area contributed by atoms with E-state index >= 15 is 0 Å². The first-order chi connectivity index (χ1) is 59.9. The zero-order valence-corrected chi connectivity index (χ0v) is 74.0. The minimum absolute atomic E-state index is 0.0617.